The Morgan fingerprint density at radius 3 is 2.53 bits per heavy atom. The predicted molar refractivity (Wildman–Crippen MR) is 119 cm³/mol. The molecule has 0 spiro atoms. The first-order chi connectivity index (χ1) is 15.2. The van der Waals surface area contributed by atoms with Crippen molar-refractivity contribution < 1.29 is 17.6 Å². The van der Waals surface area contributed by atoms with E-state index in [0.29, 0.717) is 16.5 Å². The number of hydrogen-bond acceptors (Lipinski definition) is 6. The molecule has 3 N–H and O–H groups in total. The number of amides is 1. The number of aromatic nitrogens is 3. The number of nitrogens with zero attached hydrogens (tertiary/aromatic N) is 3. The number of rotatable bonds is 8. The van der Waals surface area contributed by atoms with Gasteiger partial charge in [-0.15, -0.1) is 10.2 Å². The highest BCUT2D eigenvalue weighted by atomic mass is 32.2. The fourth-order valence-corrected chi connectivity index (χ4v) is 4.64. The van der Waals surface area contributed by atoms with Crippen molar-refractivity contribution in [2.45, 2.75) is 41.9 Å². The molecule has 1 fully saturated rings. The molecule has 0 bridgehead atoms. The Morgan fingerprint density at radius 1 is 1.22 bits per heavy atom. The number of carbonyl (C=O) groups is 1. The van der Waals surface area contributed by atoms with E-state index in [1.54, 1.807) is 37.3 Å². The van der Waals surface area contributed by atoms with Gasteiger partial charge in [0, 0.05) is 6.04 Å². The molecule has 1 aromatic heterocycles. The van der Waals surface area contributed by atoms with E-state index in [9.17, 15) is 17.6 Å². The first-order valence-corrected chi connectivity index (χ1v) is 12.5. The molecule has 11 heteroatoms. The summed E-state index contributed by atoms with van der Waals surface area (Å²) in [4.78, 5) is 12.5. The summed E-state index contributed by atoms with van der Waals surface area (Å²) < 4.78 is 38.9. The molecule has 8 nitrogen and oxygen atoms in total. The molecular formula is C21H22FN5O3S2. The van der Waals surface area contributed by atoms with Gasteiger partial charge in [0.15, 0.2) is 11.0 Å². The third-order valence-corrected chi connectivity index (χ3v) is 6.98. The minimum atomic E-state index is -3.76. The van der Waals surface area contributed by atoms with Crippen LogP contribution in [0.25, 0.3) is 11.4 Å². The molecule has 0 aliphatic heterocycles. The van der Waals surface area contributed by atoms with E-state index >= 15 is 0 Å². The molecule has 3 aromatic rings. The van der Waals surface area contributed by atoms with Crippen molar-refractivity contribution in [3.8, 4) is 11.4 Å². The second-order valence-electron chi connectivity index (χ2n) is 7.58. The Bertz CT molecular complexity index is 1240. The van der Waals surface area contributed by atoms with E-state index < -0.39 is 10.0 Å². The maximum absolute atomic E-state index is 14.3. The lowest BCUT2D eigenvalue weighted by molar-refractivity contribution is -0.119. The average Bonchev–Trinajstić information content (AvgIpc) is 3.51. The first-order valence-electron chi connectivity index (χ1n) is 9.99. The number of halogens is 1. The van der Waals surface area contributed by atoms with E-state index in [1.807, 2.05) is 4.57 Å². The second-order valence-corrected chi connectivity index (χ2v) is 10.1. The van der Waals surface area contributed by atoms with Gasteiger partial charge in [0.05, 0.1) is 22.3 Å². The third kappa shape index (κ3) is 5.00. The van der Waals surface area contributed by atoms with Crippen LogP contribution in [0, 0.1) is 5.82 Å². The van der Waals surface area contributed by atoms with Gasteiger partial charge in [0.2, 0.25) is 15.9 Å². The fraction of sp³-hybridized carbons (Fsp3) is 0.286. The first kappa shape index (κ1) is 22.4. The Balaban J connectivity index is 1.42. The fourth-order valence-electron chi connectivity index (χ4n) is 3.31. The van der Waals surface area contributed by atoms with E-state index in [4.69, 9.17) is 5.14 Å². The quantitative estimate of drug-likeness (QED) is 0.483. The zero-order valence-electron chi connectivity index (χ0n) is 17.2. The van der Waals surface area contributed by atoms with Gasteiger partial charge < -0.3 is 5.32 Å². The number of thioether (sulfide) groups is 1. The highest BCUT2D eigenvalue weighted by Gasteiger charge is 2.31. The lowest BCUT2D eigenvalue weighted by Crippen LogP contribution is -2.28. The van der Waals surface area contributed by atoms with Crippen LogP contribution in [-0.4, -0.2) is 34.8 Å². The number of carbonyl (C=O) groups excluding carboxylic acids is 1. The highest BCUT2D eigenvalue weighted by Crippen LogP contribution is 2.41. The Hall–Kier alpha value is -2.76. The maximum Gasteiger partial charge on any atom is 0.238 e. The highest BCUT2D eigenvalue weighted by molar-refractivity contribution is 7.99. The Labute approximate surface area is 189 Å². The van der Waals surface area contributed by atoms with Crippen molar-refractivity contribution in [1.29, 1.82) is 0 Å². The van der Waals surface area contributed by atoms with Crippen LogP contribution in [-0.2, 0) is 14.8 Å². The SMILES string of the molecule is C[C@@H](NC(=O)CSc1nnc(-c2ccccc2F)n1C1CC1)c1ccc(S(N)(=O)=O)cc1. The minimum absolute atomic E-state index is 0.0143. The minimum Gasteiger partial charge on any atom is -0.349 e. The summed E-state index contributed by atoms with van der Waals surface area (Å²) in [6, 6.07) is 12.4. The van der Waals surface area contributed by atoms with Crippen molar-refractivity contribution in [1.82, 2.24) is 20.1 Å². The van der Waals surface area contributed by atoms with E-state index in [-0.39, 0.29) is 34.5 Å². The standard InChI is InChI=1S/C21H22FN5O3S2/c1-13(14-6-10-16(11-7-14)32(23,29)30)24-19(28)12-31-21-26-25-20(27(21)15-8-9-15)17-4-2-3-5-18(17)22/h2-7,10-11,13,15H,8-9,12H2,1H3,(H,24,28)(H2,23,29,30)/t13-/m1/s1. The van der Waals surface area contributed by atoms with Crippen LogP contribution < -0.4 is 10.5 Å². The van der Waals surface area contributed by atoms with Crippen molar-refractivity contribution in [2.75, 3.05) is 5.75 Å². The number of nitrogens with one attached hydrogen (secondary N) is 1. The molecule has 1 aliphatic carbocycles. The summed E-state index contributed by atoms with van der Waals surface area (Å²) in [6.07, 6.45) is 1.93. The third-order valence-electron chi connectivity index (χ3n) is 5.11. The number of nitrogens with two attached hydrogens (primary N) is 1. The van der Waals surface area contributed by atoms with Gasteiger partial charge in [0.1, 0.15) is 5.82 Å². The van der Waals surface area contributed by atoms with Crippen LogP contribution in [0.4, 0.5) is 4.39 Å². The van der Waals surface area contributed by atoms with Gasteiger partial charge in [-0.3, -0.25) is 9.36 Å². The average molecular weight is 476 g/mol. The van der Waals surface area contributed by atoms with Crippen molar-refractivity contribution in [3.05, 3.63) is 59.9 Å². The van der Waals surface area contributed by atoms with Gasteiger partial charge >= 0.3 is 0 Å². The molecule has 1 amide bonds. The van der Waals surface area contributed by atoms with Crippen LogP contribution in [0.1, 0.15) is 37.4 Å². The van der Waals surface area contributed by atoms with Gasteiger partial charge in [-0.25, -0.2) is 17.9 Å². The van der Waals surface area contributed by atoms with Gasteiger partial charge in [-0.2, -0.15) is 0 Å². The summed E-state index contributed by atoms with van der Waals surface area (Å²) in [7, 11) is -3.76. The molecule has 1 atom stereocenters. The van der Waals surface area contributed by atoms with Crippen molar-refractivity contribution in [2.24, 2.45) is 5.14 Å². The number of sulfonamides is 1. The summed E-state index contributed by atoms with van der Waals surface area (Å²) in [5.74, 6) is 0.00727. The lowest BCUT2D eigenvalue weighted by Gasteiger charge is -2.15. The zero-order valence-corrected chi connectivity index (χ0v) is 18.9. The zero-order chi connectivity index (χ0) is 22.9. The molecule has 1 heterocycles. The molecular weight excluding hydrogens is 453 g/mol. The van der Waals surface area contributed by atoms with Gasteiger partial charge in [-0.1, -0.05) is 36.0 Å². The van der Waals surface area contributed by atoms with Gasteiger partial charge in [0.25, 0.3) is 0 Å². The molecule has 32 heavy (non-hydrogen) atoms. The monoisotopic (exact) mass is 475 g/mol. The maximum atomic E-state index is 14.3. The van der Waals surface area contributed by atoms with Gasteiger partial charge in [-0.05, 0) is 49.6 Å². The summed E-state index contributed by atoms with van der Waals surface area (Å²) in [6.45, 7) is 1.80. The predicted octanol–water partition coefficient (Wildman–Crippen LogP) is 3.04. The summed E-state index contributed by atoms with van der Waals surface area (Å²) >= 11 is 1.25. The van der Waals surface area contributed by atoms with E-state index in [1.165, 1.54) is 30.0 Å². The second kappa shape index (κ2) is 9.00. The van der Waals surface area contributed by atoms with Crippen LogP contribution in [0.5, 0.6) is 0 Å². The normalized spacial score (nSPS) is 14.8. The molecule has 4 rings (SSSR count). The smallest absolute Gasteiger partial charge is 0.238 e. The Morgan fingerprint density at radius 2 is 1.91 bits per heavy atom. The molecule has 0 saturated heterocycles. The van der Waals surface area contributed by atoms with Crippen LogP contribution >= 0.6 is 11.8 Å². The van der Waals surface area contributed by atoms with Crippen molar-refractivity contribution in [3.63, 3.8) is 0 Å². The van der Waals surface area contributed by atoms with E-state index in [2.05, 4.69) is 15.5 Å². The molecule has 1 aliphatic rings. The summed E-state index contributed by atoms with van der Waals surface area (Å²) in [5.41, 5.74) is 1.14. The molecule has 168 valence electrons. The number of hydrogen-bond donors (Lipinski definition) is 2. The Kier molecular flexibility index (Phi) is 6.31. The van der Waals surface area contributed by atoms with Crippen LogP contribution in [0.3, 0.4) is 0 Å². The van der Waals surface area contributed by atoms with E-state index in [0.717, 1.165) is 18.4 Å². The lowest BCUT2D eigenvalue weighted by atomic mass is 10.1. The summed E-state index contributed by atoms with van der Waals surface area (Å²) in [5, 5.41) is 16.9. The largest absolute Gasteiger partial charge is 0.349 e. The van der Waals surface area contributed by atoms with Crippen LogP contribution in [0.2, 0.25) is 0 Å². The molecule has 0 radical (unpaired) electrons. The van der Waals surface area contributed by atoms with Crippen LogP contribution in [0.15, 0.2) is 58.6 Å². The van der Waals surface area contributed by atoms with Crippen molar-refractivity contribution >= 4 is 27.7 Å². The topological polar surface area (TPSA) is 120 Å². The molecule has 2 aromatic carbocycles. The molecule has 0 unspecified atom stereocenters. The molecule has 1 saturated carbocycles. The number of benzene rings is 2. The number of primary sulfonamides is 1.